The summed E-state index contributed by atoms with van der Waals surface area (Å²) < 4.78 is 15.6. The minimum absolute atomic E-state index is 0.214. The van der Waals surface area contributed by atoms with E-state index in [0.717, 1.165) is 17.7 Å². The molecular formula is C16H20FN3. The van der Waals surface area contributed by atoms with E-state index < -0.39 is 0 Å². The molecule has 1 aliphatic carbocycles. The summed E-state index contributed by atoms with van der Waals surface area (Å²) in [6.45, 7) is 0.700. The number of benzene rings is 1. The van der Waals surface area contributed by atoms with Crippen LogP contribution in [0.5, 0.6) is 0 Å². The fourth-order valence-electron chi connectivity index (χ4n) is 3.27. The normalized spacial score (nSPS) is 22.9. The first-order valence-corrected chi connectivity index (χ1v) is 7.27. The monoisotopic (exact) mass is 273 g/mol. The highest BCUT2D eigenvalue weighted by Crippen LogP contribution is 2.36. The molecule has 0 amide bonds. The first-order valence-electron chi connectivity index (χ1n) is 7.27. The molecule has 1 aliphatic rings. The highest BCUT2D eigenvalue weighted by Gasteiger charge is 2.26. The molecule has 0 saturated heterocycles. The lowest BCUT2D eigenvalue weighted by Crippen LogP contribution is -2.29. The number of hydrogen-bond donors (Lipinski definition) is 1. The number of halogens is 1. The Morgan fingerprint density at radius 3 is 2.95 bits per heavy atom. The topological polar surface area (TPSA) is 43.8 Å². The van der Waals surface area contributed by atoms with Gasteiger partial charge < -0.3 is 10.3 Å². The zero-order valence-corrected chi connectivity index (χ0v) is 11.5. The van der Waals surface area contributed by atoms with Crippen LogP contribution < -0.4 is 5.73 Å². The maximum Gasteiger partial charge on any atom is 0.123 e. The van der Waals surface area contributed by atoms with Gasteiger partial charge in [0, 0.05) is 11.6 Å². The van der Waals surface area contributed by atoms with Gasteiger partial charge in [-0.2, -0.15) is 0 Å². The summed E-state index contributed by atoms with van der Waals surface area (Å²) in [6, 6.07) is 7.08. The first kappa shape index (κ1) is 13.3. The van der Waals surface area contributed by atoms with Crippen molar-refractivity contribution in [2.24, 2.45) is 11.7 Å². The van der Waals surface area contributed by atoms with Gasteiger partial charge in [0.2, 0.25) is 0 Å². The second-order valence-corrected chi connectivity index (χ2v) is 5.54. The summed E-state index contributed by atoms with van der Waals surface area (Å²) in [4.78, 5) is 4.27. The molecule has 0 spiro atoms. The quantitative estimate of drug-likeness (QED) is 0.931. The van der Waals surface area contributed by atoms with E-state index in [1.54, 1.807) is 12.1 Å². The largest absolute Gasteiger partial charge is 0.330 e. The van der Waals surface area contributed by atoms with Gasteiger partial charge in [-0.25, -0.2) is 9.37 Å². The smallest absolute Gasteiger partial charge is 0.123 e. The van der Waals surface area contributed by atoms with Crippen molar-refractivity contribution in [3.05, 3.63) is 42.6 Å². The maximum atomic E-state index is 13.4. The Kier molecular flexibility index (Phi) is 3.83. The van der Waals surface area contributed by atoms with E-state index in [1.165, 1.54) is 25.3 Å². The molecule has 1 saturated carbocycles. The predicted octanol–water partition coefficient (Wildman–Crippen LogP) is 3.38. The Morgan fingerprint density at radius 2 is 2.15 bits per heavy atom. The van der Waals surface area contributed by atoms with Crippen LogP contribution in [0.1, 0.15) is 31.7 Å². The molecule has 2 N–H and O–H groups in total. The zero-order chi connectivity index (χ0) is 13.9. The van der Waals surface area contributed by atoms with Crippen molar-refractivity contribution < 1.29 is 4.39 Å². The van der Waals surface area contributed by atoms with Gasteiger partial charge in [-0.15, -0.1) is 0 Å². The van der Waals surface area contributed by atoms with Crippen molar-refractivity contribution in [2.75, 3.05) is 6.54 Å². The molecule has 1 fully saturated rings. The van der Waals surface area contributed by atoms with E-state index in [2.05, 4.69) is 9.55 Å². The van der Waals surface area contributed by atoms with Crippen LogP contribution >= 0.6 is 0 Å². The van der Waals surface area contributed by atoms with Gasteiger partial charge in [-0.05, 0) is 37.4 Å². The van der Waals surface area contributed by atoms with E-state index in [9.17, 15) is 4.39 Å². The van der Waals surface area contributed by atoms with Crippen molar-refractivity contribution in [1.29, 1.82) is 0 Å². The van der Waals surface area contributed by atoms with Crippen molar-refractivity contribution in [2.45, 2.75) is 31.7 Å². The van der Waals surface area contributed by atoms with Crippen LogP contribution in [0.25, 0.3) is 11.3 Å². The fraction of sp³-hybridized carbons (Fsp3) is 0.438. The molecule has 3 nitrogen and oxygen atoms in total. The minimum Gasteiger partial charge on any atom is -0.330 e. The fourth-order valence-corrected chi connectivity index (χ4v) is 3.27. The van der Waals surface area contributed by atoms with E-state index in [0.29, 0.717) is 18.5 Å². The highest BCUT2D eigenvalue weighted by molar-refractivity contribution is 5.59. The summed E-state index contributed by atoms with van der Waals surface area (Å²) in [5.41, 5.74) is 7.78. The average molecular weight is 273 g/mol. The Hall–Kier alpha value is -1.68. The minimum atomic E-state index is -0.214. The summed E-state index contributed by atoms with van der Waals surface area (Å²) in [6.07, 6.45) is 8.45. The van der Waals surface area contributed by atoms with Gasteiger partial charge in [-0.3, -0.25) is 0 Å². The van der Waals surface area contributed by atoms with Crippen molar-refractivity contribution in [1.82, 2.24) is 9.55 Å². The molecule has 0 radical (unpaired) electrons. The van der Waals surface area contributed by atoms with Gasteiger partial charge in [0.25, 0.3) is 0 Å². The third kappa shape index (κ3) is 2.48. The Labute approximate surface area is 118 Å². The van der Waals surface area contributed by atoms with Crippen LogP contribution in [-0.4, -0.2) is 16.1 Å². The van der Waals surface area contributed by atoms with E-state index in [-0.39, 0.29) is 5.82 Å². The standard InChI is InChI=1S/C16H20FN3/c17-14-6-3-5-12(8-14)16-10-19-11-20(16)15-7-2-1-4-13(15)9-18/h3,5-6,8,10-11,13,15H,1-2,4,7,9,18H2. The molecule has 2 aromatic rings. The Balaban J connectivity index is 1.97. The van der Waals surface area contributed by atoms with Crippen LogP contribution in [-0.2, 0) is 0 Å². The van der Waals surface area contributed by atoms with Crippen molar-refractivity contribution in [3.8, 4) is 11.3 Å². The van der Waals surface area contributed by atoms with Gasteiger partial charge in [0.1, 0.15) is 5.82 Å². The number of rotatable bonds is 3. The SMILES string of the molecule is NCC1CCCCC1n1cncc1-c1cccc(F)c1. The lowest BCUT2D eigenvalue weighted by Gasteiger charge is -2.32. The third-order valence-electron chi connectivity index (χ3n) is 4.32. The third-order valence-corrected chi connectivity index (χ3v) is 4.32. The average Bonchev–Trinajstić information content (AvgIpc) is 2.96. The van der Waals surface area contributed by atoms with Crippen LogP contribution in [0.4, 0.5) is 4.39 Å². The van der Waals surface area contributed by atoms with Crippen LogP contribution in [0.2, 0.25) is 0 Å². The molecule has 0 aliphatic heterocycles. The molecule has 20 heavy (non-hydrogen) atoms. The number of hydrogen-bond acceptors (Lipinski definition) is 2. The number of nitrogens with zero attached hydrogens (tertiary/aromatic N) is 2. The second kappa shape index (κ2) is 5.75. The lowest BCUT2D eigenvalue weighted by atomic mass is 9.84. The lowest BCUT2D eigenvalue weighted by molar-refractivity contribution is 0.246. The van der Waals surface area contributed by atoms with E-state index in [4.69, 9.17) is 5.73 Å². The number of aromatic nitrogens is 2. The van der Waals surface area contributed by atoms with E-state index >= 15 is 0 Å². The van der Waals surface area contributed by atoms with Crippen LogP contribution in [0, 0.1) is 11.7 Å². The van der Waals surface area contributed by atoms with Gasteiger partial charge in [0.15, 0.2) is 0 Å². The molecule has 2 unspecified atom stereocenters. The number of nitrogens with two attached hydrogens (primary N) is 1. The van der Waals surface area contributed by atoms with Gasteiger partial charge >= 0.3 is 0 Å². The van der Waals surface area contributed by atoms with Crippen LogP contribution in [0.15, 0.2) is 36.8 Å². The highest BCUT2D eigenvalue weighted by atomic mass is 19.1. The summed E-state index contributed by atoms with van der Waals surface area (Å²) in [5.74, 6) is 0.277. The molecule has 1 aromatic heterocycles. The predicted molar refractivity (Wildman–Crippen MR) is 77.7 cm³/mol. The molecule has 2 atom stereocenters. The summed E-state index contributed by atoms with van der Waals surface area (Å²) in [7, 11) is 0. The Bertz CT molecular complexity index is 579. The first-order chi connectivity index (χ1) is 9.79. The van der Waals surface area contributed by atoms with Gasteiger partial charge in [0.05, 0.1) is 18.2 Å². The number of imidazole rings is 1. The van der Waals surface area contributed by atoms with E-state index in [1.807, 2.05) is 18.6 Å². The van der Waals surface area contributed by atoms with Crippen molar-refractivity contribution >= 4 is 0 Å². The molecule has 3 rings (SSSR count). The molecule has 1 heterocycles. The molecule has 1 aromatic carbocycles. The molecule has 106 valence electrons. The second-order valence-electron chi connectivity index (χ2n) is 5.54. The summed E-state index contributed by atoms with van der Waals surface area (Å²) >= 11 is 0. The van der Waals surface area contributed by atoms with Crippen LogP contribution in [0.3, 0.4) is 0 Å². The summed E-state index contributed by atoms with van der Waals surface area (Å²) in [5, 5.41) is 0. The Morgan fingerprint density at radius 1 is 1.30 bits per heavy atom. The maximum absolute atomic E-state index is 13.4. The zero-order valence-electron chi connectivity index (χ0n) is 11.5. The molecule has 4 heteroatoms. The molecule has 0 bridgehead atoms. The van der Waals surface area contributed by atoms with Crippen molar-refractivity contribution in [3.63, 3.8) is 0 Å². The van der Waals surface area contributed by atoms with Gasteiger partial charge in [-0.1, -0.05) is 25.0 Å². The molecular weight excluding hydrogens is 253 g/mol.